The number of carbonyl (C=O) groups excluding carboxylic acids is 4. The maximum atomic E-state index is 12.8. The number of carboxylic acids is 2. The van der Waals surface area contributed by atoms with Gasteiger partial charge in [-0.3, -0.25) is 19.2 Å². The van der Waals surface area contributed by atoms with Gasteiger partial charge in [0.05, 0.1) is 11.5 Å². The van der Waals surface area contributed by atoms with Crippen molar-refractivity contribution in [3.8, 4) is 0 Å². The van der Waals surface area contributed by atoms with Crippen LogP contribution >= 0.6 is 0 Å². The van der Waals surface area contributed by atoms with Crippen LogP contribution < -0.4 is 21.3 Å². The number of nitrogens with one attached hydrogen (secondary N) is 4. The summed E-state index contributed by atoms with van der Waals surface area (Å²) >= 11 is 0. The zero-order chi connectivity index (χ0) is 29.8. The third kappa shape index (κ3) is 10.2. The van der Waals surface area contributed by atoms with Crippen molar-refractivity contribution in [1.29, 1.82) is 0 Å². The summed E-state index contributed by atoms with van der Waals surface area (Å²) in [6, 6.07) is 3.90. The van der Waals surface area contributed by atoms with E-state index in [0.29, 0.717) is 38.3 Å². The summed E-state index contributed by atoms with van der Waals surface area (Å²) in [5, 5.41) is 29.2. The van der Waals surface area contributed by atoms with Crippen LogP contribution in [-0.4, -0.2) is 96.0 Å². The molecule has 224 valence electrons. The molecule has 6 N–H and O–H groups in total. The van der Waals surface area contributed by atoms with Crippen LogP contribution in [0.25, 0.3) is 0 Å². The normalized spacial score (nSPS) is 18.1. The summed E-state index contributed by atoms with van der Waals surface area (Å²) in [7, 11) is 0. The van der Waals surface area contributed by atoms with Crippen molar-refractivity contribution in [2.75, 3.05) is 39.3 Å². The van der Waals surface area contributed by atoms with E-state index in [0.717, 1.165) is 32.4 Å². The first-order valence-corrected chi connectivity index (χ1v) is 14.0. The number of carbonyl (C=O) groups is 6. The van der Waals surface area contributed by atoms with E-state index in [1.807, 2.05) is 0 Å². The summed E-state index contributed by atoms with van der Waals surface area (Å²) in [5.41, 5.74) is 0.247. The Morgan fingerprint density at radius 1 is 0.927 bits per heavy atom. The van der Waals surface area contributed by atoms with Gasteiger partial charge >= 0.3 is 11.9 Å². The van der Waals surface area contributed by atoms with E-state index in [9.17, 15) is 33.9 Å². The lowest BCUT2D eigenvalue weighted by Crippen LogP contribution is -2.51. The second-order valence-corrected chi connectivity index (χ2v) is 10.5. The van der Waals surface area contributed by atoms with Crippen LogP contribution in [0.3, 0.4) is 0 Å². The molecule has 0 aromatic heterocycles. The number of piperidine rings is 2. The van der Waals surface area contributed by atoms with Crippen LogP contribution in [0.15, 0.2) is 24.3 Å². The molecule has 0 bridgehead atoms. The van der Waals surface area contributed by atoms with Gasteiger partial charge in [-0.15, -0.1) is 0 Å². The number of nitrogens with zero attached hydrogens (tertiary/aromatic N) is 1. The van der Waals surface area contributed by atoms with E-state index in [1.54, 1.807) is 4.90 Å². The molecule has 2 heterocycles. The van der Waals surface area contributed by atoms with Crippen LogP contribution in [0.2, 0.25) is 0 Å². The molecule has 2 aliphatic heterocycles. The average Bonchev–Trinajstić information content (AvgIpc) is 2.98. The maximum Gasteiger partial charge on any atom is 0.335 e. The molecule has 2 fully saturated rings. The highest BCUT2D eigenvalue weighted by Gasteiger charge is 2.30. The minimum Gasteiger partial charge on any atom is -0.480 e. The number of hydrogen-bond acceptors (Lipinski definition) is 7. The Hall–Kier alpha value is -4.00. The van der Waals surface area contributed by atoms with E-state index in [4.69, 9.17) is 5.11 Å². The third-order valence-electron chi connectivity index (χ3n) is 7.52. The number of aromatic carboxylic acids is 1. The second kappa shape index (κ2) is 15.7. The Labute approximate surface area is 238 Å². The van der Waals surface area contributed by atoms with Crippen LogP contribution in [0.1, 0.15) is 65.7 Å². The van der Waals surface area contributed by atoms with Crippen molar-refractivity contribution in [2.45, 2.75) is 51.0 Å². The van der Waals surface area contributed by atoms with Gasteiger partial charge in [-0.1, -0.05) is 0 Å². The number of benzene rings is 1. The SMILES string of the molecule is O=C(CCNC(=O)c1ccc(C(=O)O)cc1)N[C@@H](CNC(=O)[C@@H]1CCCN(C(=O)CCC2CCNCC2)C1)C(=O)O. The molecular formula is C28H39N5O8. The van der Waals surface area contributed by atoms with Gasteiger partial charge in [0.2, 0.25) is 17.7 Å². The predicted octanol–water partition coefficient (Wildman–Crippen LogP) is 0.209. The molecule has 1 aromatic carbocycles. The molecule has 2 atom stereocenters. The van der Waals surface area contributed by atoms with Crippen molar-refractivity contribution in [3.63, 3.8) is 0 Å². The van der Waals surface area contributed by atoms with E-state index in [-0.39, 0.29) is 42.5 Å². The lowest BCUT2D eigenvalue weighted by Gasteiger charge is -2.33. The molecule has 3 rings (SSSR count). The molecule has 1 aromatic rings. The van der Waals surface area contributed by atoms with Gasteiger partial charge in [0.15, 0.2) is 0 Å². The monoisotopic (exact) mass is 573 g/mol. The molecule has 2 aliphatic rings. The van der Waals surface area contributed by atoms with E-state index >= 15 is 0 Å². The zero-order valence-corrected chi connectivity index (χ0v) is 23.0. The standard InChI is InChI=1S/C28H39N5O8/c34-23(11-14-30-25(36)19-4-6-20(7-5-19)27(38)39)32-22(28(40)41)16-31-26(37)21-2-1-15-33(17-21)24(35)8-3-18-9-12-29-13-10-18/h4-7,18,21-22,29H,1-3,8-17H2,(H,30,36)(H,31,37)(H,32,34)(H,38,39)(H,40,41)/t21-,22+/m1/s1. The lowest BCUT2D eigenvalue weighted by atomic mass is 9.92. The van der Waals surface area contributed by atoms with Crippen molar-refractivity contribution in [2.24, 2.45) is 11.8 Å². The van der Waals surface area contributed by atoms with Crippen molar-refractivity contribution in [3.05, 3.63) is 35.4 Å². The summed E-state index contributed by atoms with van der Waals surface area (Å²) in [6.45, 7) is 2.46. The van der Waals surface area contributed by atoms with Crippen LogP contribution in [-0.2, 0) is 19.2 Å². The van der Waals surface area contributed by atoms with Crippen molar-refractivity contribution < 1.29 is 39.0 Å². The predicted molar refractivity (Wildman–Crippen MR) is 147 cm³/mol. The quantitative estimate of drug-likeness (QED) is 0.191. The number of likely N-dealkylation sites (tertiary alicyclic amines) is 1. The topological polar surface area (TPSA) is 194 Å². The minimum atomic E-state index is -1.36. The highest BCUT2D eigenvalue weighted by atomic mass is 16.4. The fourth-order valence-electron chi connectivity index (χ4n) is 5.04. The fraction of sp³-hybridized carbons (Fsp3) is 0.571. The summed E-state index contributed by atoms with van der Waals surface area (Å²) in [4.78, 5) is 74.3. The van der Waals surface area contributed by atoms with Crippen LogP contribution in [0.4, 0.5) is 0 Å². The van der Waals surface area contributed by atoms with Gasteiger partial charge in [0, 0.05) is 44.6 Å². The molecule has 0 spiro atoms. The van der Waals surface area contributed by atoms with E-state index in [2.05, 4.69) is 21.3 Å². The Kier molecular flexibility index (Phi) is 12.1. The van der Waals surface area contributed by atoms with E-state index in [1.165, 1.54) is 24.3 Å². The number of carboxylic acid groups (broad SMARTS) is 2. The minimum absolute atomic E-state index is 0.0324. The van der Waals surface area contributed by atoms with Crippen molar-refractivity contribution in [1.82, 2.24) is 26.2 Å². The first-order valence-electron chi connectivity index (χ1n) is 14.0. The summed E-state index contributed by atoms with van der Waals surface area (Å²) in [6.07, 6.45) is 4.52. The number of amides is 4. The molecular weight excluding hydrogens is 534 g/mol. The first-order chi connectivity index (χ1) is 19.6. The number of rotatable bonds is 13. The van der Waals surface area contributed by atoms with Gasteiger partial charge < -0.3 is 36.4 Å². The fourth-order valence-corrected chi connectivity index (χ4v) is 5.04. The molecule has 0 unspecified atom stereocenters. The molecule has 4 amide bonds. The Bertz CT molecular complexity index is 1100. The number of hydrogen-bond donors (Lipinski definition) is 6. The van der Waals surface area contributed by atoms with Crippen molar-refractivity contribution >= 4 is 35.6 Å². The molecule has 41 heavy (non-hydrogen) atoms. The molecule has 0 saturated carbocycles. The van der Waals surface area contributed by atoms with Crippen LogP contribution in [0, 0.1) is 11.8 Å². The molecule has 13 heteroatoms. The van der Waals surface area contributed by atoms with Gasteiger partial charge in [0.1, 0.15) is 6.04 Å². The Morgan fingerprint density at radius 3 is 2.27 bits per heavy atom. The van der Waals surface area contributed by atoms with Gasteiger partial charge in [0.25, 0.3) is 5.91 Å². The molecule has 0 aliphatic carbocycles. The maximum absolute atomic E-state index is 12.8. The van der Waals surface area contributed by atoms with E-state index < -0.39 is 35.7 Å². The highest BCUT2D eigenvalue weighted by molar-refractivity contribution is 5.96. The Morgan fingerprint density at radius 2 is 1.61 bits per heavy atom. The second-order valence-electron chi connectivity index (χ2n) is 10.5. The highest BCUT2D eigenvalue weighted by Crippen LogP contribution is 2.21. The molecule has 2 saturated heterocycles. The largest absolute Gasteiger partial charge is 0.480 e. The summed E-state index contributed by atoms with van der Waals surface area (Å²) in [5.74, 6) is -3.80. The Balaban J connectivity index is 1.38. The first kappa shape index (κ1) is 31.5. The molecule has 0 radical (unpaired) electrons. The van der Waals surface area contributed by atoms with Gasteiger partial charge in [-0.05, 0) is 75.4 Å². The summed E-state index contributed by atoms with van der Waals surface area (Å²) < 4.78 is 0. The number of aliphatic carboxylic acids is 1. The third-order valence-corrected chi connectivity index (χ3v) is 7.52. The van der Waals surface area contributed by atoms with Crippen LogP contribution in [0.5, 0.6) is 0 Å². The zero-order valence-electron chi connectivity index (χ0n) is 23.0. The smallest absolute Gasteiger partial charge is 0.335 e. The van der Waals surface area contributed by atoms with Gasteiger partial charge in [-0.2, -0.15) is 0 Å². The van der Waals surface area contributed by atoms with Gasteiger partial charge in [-0.25, -0.2) is 9.59 Å². The molecule has 13 nitrogen and oxygen atoms in total. The average molecular weight is 574 g/mol. The lowest BCUT2D eigenvalue weighted by molar-refractivity contribution is -0.142.